The Labute approximate surface area is 191 Å². The molecule has 7 heteroatoms. The molecule has 2 aromatic carbocycles. The van der Waals surface area contributed by atoms with Crippen LogP contribution in [0.15, 0.2) is 84.7 Å². The highest BCUT2D eigenvalue weighted by molar-refractivity contribution is 6.51. The summed E-state index contributed by atoms with van der Waals surface area (Å²) in [6.07, 6.45) is 3.71. The predicted octanol–water partition coefficient (Wildman–Crippen LogP) is 4.27. The number of hydrogen-bond donors (Lipinski definition) is 1. The van der Waals surface area contributed by atoms with Crippen molar-refractivity contribution in [2.45, 2.75) is 19.4 Å². The number of benzene rings is 2. The lowest BCUT2D eigenvalue weighted by Gasteiger charge is -2.25. The molecular formula is C26H22N2O5. The molecule has 2 heterocycles. The summed E-state index contributed by atoms with van der Waals surface area (Å²) in [4.78, 5) is 43.6. The van der Waals surface area contributed by atoms with E-state index >= 15 is 0 Å². The van der Waals surface area contributed by atoms with Gasteiger partial charge in [-0.15, -0.1) is 0 Å². The molecule has 3 aromatic rings. The van der Waals surface area contributed by atoms with E-state index in [0.29, 0.717) is 35.4 Å². The van der Waals surface area contributed by atoms with Crippen molar-refractivity contribution in [1.82, 2.24) is 4.98 Å². The van der Waals surface area contributed by atoms with Gasteiger partial charge in [-0.05, 0) is 48.4 Å². The molecule has 1 aliphatic rings. The molecule has 7 nitrogen and oxygen atoms in total. The number of ether oxygens (including phenoxy) is 1. The van der Waals surface area contributed by atoms with Gasteiger partial charge in [0, 0.05) is 23.6 Å². The van der Waals surface area contributed by atoms with Crippen molar-refractivity contribution in [3.63, 3.8) is 0 Å². The Kier molecular flexibility index (Phi) is 6.31. The van der Waals surface area contributed by atoms with Crippen LogP contribution in [0.5, 0.6) is 0 Å². The minimum absolute atomic E-state index is 0.0103. The maximum atomic E-state index is 13.1. The highest BCUT2D eigenvalue weighted by atomic mass is 16.5. The number of amides is 1. The summed E-state index contributed by atoms with van der Waals surface area (Å²) in [5.41, 5.74) is 1.81. The second-order valence-corrected chi connectivity index (χ2v) is 7.50. The van der Waals surface area contributed by atoms with Crippen molar-refractivity contribution in [3.8, 4) is 0 Å². The van der Waals surface area contributed by atoms with Crippen LogP contribution in [0, 0.1) is 0 Å². The Balaban J connectivity index is 1.80. The van der Waals surface area contributed by atoms with Gasteiger partial charge in [-0.1, -0.05) is 37.3 Å². The van der Waals surface area contributed by atoms with Crippen LogP contribution in [-0.2, 0) is 14.3 Å². The van der Waals surface area contributed by atoms with Crippen LogP contribution in [0.1, 0.15) is 40.9 Å². The SMILES string of the molecule is CCCOC(=O)c1ccc(N2C(=O)C(=O)/C(=C(/O)c3ccncc3)C2c2ccccc2)cc1. The summed E-state index contributed by atoms with van der Waals surface area (Å²) >= 11 is 0. The van der Waals surface area contributed by atoms with Crippen LogP contribution in [0.4, 0.5) is 5.69 Å². The van der Waals surface area contributed by atoms with Crippen molar-refractivity contribution < 1.29 is 24.2 Å². The summed E-state index contributed by atoms with van der Waals surface area (Å²) in [5, 5.41) is 11.0. The van der Waals surface area contributed by atoms with E-state index in [0.717, 1.165) is 0 Å². The molecule has 0 aliphatic carbocycles. The van der Waals surface area contributed by atoms with Crippen molar-refractivity contribution >= 4 is 29.1 Å². The first-order chi connectivity index (χ1) is 16.0. The number of pyridine rings is 1. The third-order valence-electron chi connectivity index (χ3n) is 5.33. The maximum Gasteiger partial charge on any atom is 0.338 e. The molecule has 4 rings (SSSR count). The Bertz CT molecular complexity index is 1200. The number of ketones is 1. The van der Waals surface area contributed by atoms with Gasteiger partial charge in [0.1, 0.15) is 5.76 Å². The van der Waals surface area contributed by atoms with Gasteiger partial charge in [-0.3, -0.25) is 19.5 Å². The molecular weight excluding hydrogens is 420 g/mol. The number of aliphatic hydroxyl groups excluding tert-OH is 1. The third kappa shape index (κ3) is 4.25. The second-order valence-electron chi connectivity index (χ2n) is 7.50. The number of rotatable bonds is 6. The highest BCUT2D eigenvalue weighted by Gasteiger charge is 2.46. The zero-order valence-corrected chi connectivity index (χ0v) is 18.0. The van der Waals surface area contributed by atoms with Crippen molar-refractivity contribution in [2.24, 2.45) is 0 Å². The average molecular weight is 442 g/mol. The van der Waals surface area contributed by atoms with Crippen LogP contribution in [0.2, 0.25) is 0 Å². The number of aliphatic hydroxyl groups is 1. The first-order valence-corrected chi connectivity index (χ1v) is 10.6. The van der Waals surface area contributed by atoms with Gasteiger partial charge >= 0.3 is 5.97 Å². The van der Waals surface area contributed by atoms with Crippen molar-refractivity contribution in [2.75, 3.05) is 11.5 Å². The van der Waals surface area contributed by atoms with E-state index in [1.165, 1.54) is 17.3 Å². The second kappa shape index (κ2) is 9.48. The van der Waals surface area contributed by atoms with Crippen LogP contribution >= 0.6 is 0 Å². The summed E-state index contributed by atoms with van der Waals surface area (Å²) in [6, 6.07) is 17.6. The largest absolute Gasteiger partial charge is 0.507 e. The smallest absolute Gasteiger partial charge is 0.338 e. The van der Waals surface area contributed by atoms with E-state index in [4.69, 9.17) is 4.74 Å². The molecule has 1 aliphatic heterocycles. The monoisotopic (exact) mass is 442 g/mol. The average Bonchev–Trinajstić information content (AvgIpc) is 3.13. The van der Waals surface area contributed by atoms with Crippen molar-refractivity contribution in [1.29, 1.82) is 0 Å². The lowest BCUT2D eigenvalue weighted by Crippen LogP contribution is -2.29. The maximum absolute atomic E-state index is 13.1. The summed E-state index contributed by atoms with van der Waals surface area (Å²) in [7, 11) is 0. The number of anilines is 1. The number of nitrogens with zero attached hydrogens (tertiary/aromatic N) is 2. The van der Waals surface area contributed by atoms with Gasteiger partial charge in [-0.25, -0.2) is 4.79 Å². The van der Waals surface area contributed by atoms with E-state index < -0.39 is 23.7 Å². The quantitative estimate of drug-likeness (QED) is 0.265. The minimum Gasteiger partial charge on any atom is -0.507 e. The molecule has 33 heavy (non-hydrogen) atoms. The topological polar surface area (TPSA) is 96.8 Å². The fraction of sp³-hybridized carbons (Fsp3) is 0.154. The number of esters is 1. The molecule has 1 fully saturated rings. The fourth-order valence-electron chi connectivity index (χ4n) is 3.75. The zero-order chi connectivity index (χ0) is 23.4. The molecule has 1 aromatic heterocycles. The normalized spacial score (nSPS) is 17.2. The summed E-state index contributed by atoms with van der Waals surface area (Å²) < 4.78 is 5.15. The number of hydrogen-bond acceptors (Lipinski definition) is 6. The molecule has 1 N–H and O–H groups in total. The Morgan fingerprint density at radius 1 is 0.970 bits per heavy atom. The predicted molar refractivity (Wildman–Crippen MR) is 122 cm³/mol. The van der Waals surface area contributed by atoms with Crippen molar-refractivity contribution in [3.05, 3.63) is 101 Å². The summed E-state index contributed by atoms with van der Waals surface area (Å²) in [5.74, 6) is -2.28. The standard InChI is InChI=1S/C26H22N2O5/c1-2-16-33-26(32)19-8-10-20(11-9-19)28-22(17-6-4-3-5-7-17)21(24(30)25(28)31)23(29)18-12-14-27-15-13-18/h3-15,22,29H,2,16H2,1H3/b23-21+. The molecule has 1 unspecified atom stereocenters. The number of carbonyl (C=O) groups is 3. The number of carbonyl (C=O) groups excluding carboxylic acids is 3. The third-order valence-corrected chi connectivity index (χ3v) is 5.33. The van der Waals surface area contributed by atoms with Gasteiger partial charge < -0.3 is 9.84 Å². The van der Waals surface area contributed by atoms with E-state index in [2.05, 4.69) is 4.98 Å². The van der Waals surface area contributed by atoms with Gasteiger partial charge in [0.25, 0.3) is 11.7 Å². The van der Waals surface area contributed by atoms with E-state index in [1.54, 1.807) is 60.7 Å². The van der Waals surface area contributed by atoms with Crippen LogP contribution in [0.3, 0.4) is 0 Å². The molecule has 0 bridgehead atoms. The molecule has 166 valence electrons. The van der Waals surface area contributed by atoms with E-state index in [-0.39, 0.29) is 11.3 Å². The number of Topliss-reactive ketones (excluding diaryl/α,β-unsaturated/α-hetero) is 1. The minimum atomic E-state index is -0.836. The van der Waals surface area contributed by atoms with Gasteiger partial charge in [0.2, 0.25) is 0 Å². The molecule has 0 saturated carbocycles. The Morgan fingerprint density at radius 3 is 2.27 bits per heavy atom. The molecule has 0 radical (unpaired) electrons. The number of aromatic nitrogens is 1. The van der Waals surface area contributed by atoms with E-state index in [9.17, 15) is 19.5 Å². The molecule has 1 amide bonds. The van der Waals surface area contributed by atoms with Gasteiger partial charge in [-0.2, -0.15) is 0 Å². The fourth-order valence-corrected chi connectivity index (χ4v) is 3.75. The van der Waals surface area contributed by atoms with Gasteiger partial charge in [0.05, 0.1) is 23.8 Å². The molecule has 0 spiro atoms. The van der Waals surface area contributed by atoms with Crippen LogP contribution in [0.25, 0.3) is 5.76 Å². The lowest BCUT2D eigenvalue weighted by molar-refractivity contribution is -0.132. The van der Waals surface area contributed by atoms with Gasteiger partial charge in [0.15, 0.2) is 0 Å². The highest BCUT2D eigenvalue weighted by Crippen LogP contribution is 2.42. The summed E-state index contributed by atoms with van der Waals surface area (Å²) in [6.45, 7) is 2.22. The van der Waals surface area contributed by atoms with Crippen LogP contribution < -0.4 is 4.90 Å². The first-order valence-electron chi connectivity index (χ1n) is 10.6. The Hall–Kier alpha value is -4.26. The lowest BCUT2D eigenvalue weighted by atomic mass is 9.95. The van der Waals surface area contributed by atoms with Crippen LogP contribution in [-0.4, -0.2) is 34.4 Å². The zero-order valence-electron chi connectivity index (χ0n) is 18.0. The molecule has 1 saturated heterocycles. The molecule has 1 atom stereocenters. The van der Waals surface area contributed by atoms with E-state index in [1.807, 2.05) is 13.0 Å². The first kappa shape index (κ1) is 22.0. The Morgan fingerprint density at radius 2 is 1.64 bits per heavy atom.